The lowest BCUT2D eigenvalue weighted by atomic mass is 10.2. The van der Waals surface area contributed by atoms with Crippen LogP contribution in [0.1, 0.15) is 11.1 Å². The van der Waals surface area contributed by atoms with Crippen molar-refractivity contribution >= 4 is 31.5 Å². The minimum atomic E-state index is -3.87. The van der Waals surface area contributed by atoms with E-state index >= 15 is 0 Å². The number of nitrogens with one attached hydrogen (secondary N) is 1. The van der Waals surface area contributed by atoms with Crippen LogP contribution in [0.15, 0.2) is 87.5 Å². The summed E-state index contributed by atoms with van der Waals surface area (Å²) in [6.07, 6.45) is 0.530. The van der Waals surface area contributed by atoms with Gasteiger partial charge < -0.3 is 0 Å². The van der Waals surface area contributed by atoms with E-state index in [1.165, 1.54) is 42.5 Å². The third-order valence-corrected chi connectivity index (χ3v) is 8.05. The van der Waals surface area contributed by atoms with Crippen molar-refractivity contribution in [3.8, 4) is 0 Å². The fourth-order valence-electron chi connectivity index (χ4n) is 2.84. The Balaban J connectivity index is 1.87. The molecule has 5 nitrogen and oxygen atoms in total. The molecule has 3 aromatic rings. The molecule has 0 aliphatic heterocycles. The second-order valence-electron chi connectivity index (χ2n) is 6.52. The molecule has 0 atom stereocenters. The van der Waals surface area contributed by atoms with Gasteiger partial charge in [0.2, 0.25) is 19.9 Å². The normalized spacial score (nSPS) is 12.1. The Bertz CT molecular complexity index is 1210. The first-order valence-corrected chi connectivity index (χ1v) is 12.2. The van der Waals surface area contributed by atoms with Crippen LogP contribution in [0.25, 0.3) is 0 Å². The Kier molecular flexibility index (Phi) is 6.43. The van der Waals surface area contributed by atoms with Crippen LogP contribution in [-0.4, -0.2) is 23.4 Å². The van der Waals surface area contributed by atoms with Gasteiger partial charge in [0.05, 0.1) is 14.7 Å². The maximum atomic E-state index is 12.9. The summed E-state index contributed by atoms with van der Waals surface area (Å²) in [7, 11) is -7.74. The van der Waals surface area contributed by atoms with Gasteiger partial charge in [0.25, 0.3) is 0 Å². The van der Waals surface area contributed by atoms with E-state index in [-0.39, 0.29) is 21.2 Å². The van der Waals surface area contributed by atoms with E-state index in [0.29, 0.717) is 17.0 Å². The van der Waals surface area contributed by atoms with Crippen molar-refractivity contribution in [3.63, 3.8) is 0 Å². The molecule has 8 heteroatoms. The summed E-state index contributed by atoms with van der Waals surface area (Å²) in [5.74, 6) is 0. The SMILES string of the molecule is Cc1ccc(S(=O)(=O)c2ccc(Cl)cc2)cc1S(=O)(=O)NCCc1ccccc1. The zero-order valence-corrected chi connectivity index (χ0v) is 18.1. The smallest absolute Gasteiger partial charge is 0.219 e. The predicted octanol–water partition coefficient (Wildman–Crippen LogP) is 4.00. The molecule has 0 radical (unpaired) electrons. The first-order chi connectivity index (χ1) is 13.7. The summed E-state index contributed by atoms with van der Waals surface area (Å²) in [6, 6.07) is 19.3. The Morgan fingerprint density at radius 2 is 1.45 bits per heavy atom. The predicted molar refractivity (Wildman–Crippen MR) is 113 cm³/mol. The zero-order chi connectivity index (χ0) is 21.1. The molecule has 0 unspecified atom stereocenters. The van der Waals surface area contributed by atoms with Gasteiger partial charge in [-0.2, -0.15) is 0 Å². The van der Waals surface area contributed by atoms with Crippen molar-refractivity contribution in [3.05, 3.63) is 88.9 Å². The van der Waals surface area contributed by atoms with Crippen molar-refractivity contribution in [2.45, 2.75) is 28.0 Å². The lowest BCUT2D eigenvalue weighted by Crippen LogP contribution is -2.26. The lowest BCUT2D eigenvalue weighted by Gasteiger charge is -2.12. The van der Waals surface area contributed by atoms with E-state index in [2.05, 4.69) is 4.72 Å². The van der Waals surface area contributed by atoms with Crippen molar-refractivity contribution in [1.29, 1.82) is 0 Å². The van der Waals surface area contributed by atoms with Gasteiger partial charge in [-0.25, -0.2) is 21.6 Å². The second kappa shape index (κ2) is 8.67. The minimum Gasteiger partial charge on any atom is -0.219 e. The summed E-state index contributed by atoms with van der Waals surface area (Å²) < 4.78 is 53.9. The number of hydrogen-bond donors (Lipinski definition) is 1. The van der Waals surface area contributed by atoms with Crippen molar-refractivity contribution in [2.24, 2.45) is 0 Å². The molecule has 0 saturated carbocycles. The Labute approximate surface area is 176 Å². The van der Waals surface area contributed by atoms with Gasteiger partial charge >= 0.3 is 0 Å². The molecule has 3 rings (SSSR count). The third-order valence-electron chi connectivity index (χ3n) is 4.43. The van der Waals surface area contributed by atoms with Crippen LogP contribution in [0.5, 0.6) is 0 Å². The van der Waals surface area contributed by atoms with Crippen LogP contribution in [-0.2, 0) is 26.3 Å². The molecule has 1 N–H and O–H groups in total. The first kappa shape index (κ1) is 21.5. The Morgan fingerprint density at radius 1 is 0.828 bits per heavy atom. The van der Waals surface area contributed by atoms with E-state index in [1.54, 1.807) is 6.92 Å². The maximum absolute atomic E-state index is 12.9. The molecule has 0 aromatic heterocycles. The van der Waals surface area contributed by atoms with Crippen LogP contribution < -0.4 is 4.72 Å². The largest absolute Gasteiger partial charge is 0.240 e. The van der Waals surface area contributed by atoms with Crippen LogP contribution >= 0.6 is 11.6 Å². The van der Waals surface area contributed by atoms with Crippen LogP contribution in [0, 0.1) is 6.92 Å². The van der Waals surface area contributed by atoms with Gasteiger partial charge in [0.1, 0.15) is 0 Å². The van der Waals surface area contributed by atoms with Crippen molar-refractivity contribution in [2.75, 3.05) is 6.54 Å². The third kappa shape index (κ3) is 5.05. The first-order valence-electron chi connectivity index (χ1n) is 8.85. The number of halogens is 1. The topological polar surface area (TPSA) is 80.3 Å². The monoisotopic (exact) mass is 449 g/mol. The number of benzene rings is 3. The van der Waals surface area contributed by atoms with Gasteiger partial charge in [0, 0.05) is 11.6 Å². The highest BCUT2D eigenvalue weighted by atomic mass is 35.5. The molecule has 0 heterocycles. The van der Waals surface area contributed by atoms with E-state index in [1.807, 2.05) is 30.3 Å². The van der Waals surface area contributed by atoms with Crippen molar-refractivity contribution < 1.29 is 16.8 Å². The van der Waals surface area contributed by atoms with Gasteiger partial charge in [-0.1, -0.05) is 48.0 Å². The molecule has 0 amide bonds. The molecule has 3 aromatic carbocycles. The fourth-order valence-corrected chi connectivity index (χ4v) is 5.63. The molecule has 0 spiro atoms. The molecule has 0 saturated heterocycles. The summed E-state index contributed by atoms with van der Waals surface area (Å²) in [4.78, 5) is -0.0967. The van der Waals surface area contributed by atoms with Gasteiger partial charge in [-0.15, -0.1) is 0 Å². The Hall–Kier alpha value is -2.19. The second-order valence-corrected chi connectivity index (χ2v) is 10.6. The van der Waals surface area contributed by atoms with Crippen LogP contribution in [0.4, 0.5) is 0 Å². The molecular formula is C21H20ClNO4S2. The number of rotatable bonds is 7. The average molecular weight is 450 g/mol. The number of aryl methyl sites for hydroxylation is 1. The number of hydrogen-bond acceptors (Lipinski definition) is 4. The molecular weight excluding hydrogens is 430 g/mol. The summed E-state index contributed by atoms with van der Waals surface area (Å²) in [5, 5.41) is 0.415. The summed E-state index contributed by atoms with van der Waals surface area (Å²) in [6.45, 7) is 1.84. The molecule has 0 aliphatic carbocycles. The van der Waals surface area contributed by atoms with Gasteiger partial charge in [-0.05, 0) is 60.9 Å². The maximum Gasteiger partial charge on any atom is 0.240 e. The van der Waals surface area contributed by atoms with E-state index in [4.69, 9.17) is 11.6 Å². The van der Waals surface area contributed by atoms with Crippen LogP contribution in [0.3, 0.4) is 0 Å². The number of sulfone groups is 1. The molecule has 0 fully saturated rings. The van der Waals surface area contributed by atoms with Gasteiger partial charge in [-0.3, -0.25) is 0 Å². The zero-order valence-electron chi connectivity index (χ0n) is 15.7. The van der Waals surface area contributed by atoms with Crippen molar-refractivity contribution in [1.82, 2.24) is 4.72 Å². The highest BCUT2D eigenvalue weighted by Gasteiger charge is 2.23. The Morgan fingerprint density at radius 3 is 2.10 bits per heavy atom. The quantitative estimate of drug-likeness (QED) is 0.591. The molecule has 29 heavy (non-hydrogen) atoms. The lowest BCUT2D eigenvalue weighted by molar-refractivity contribution is 0.580. The fraction of sp³-hybridized carbons (Fsp3) is 0.143. The number of sulfonamides is 1. The highest BCUT2D eigenvalue weighted by Crippen LogP contribution is 2.26. The molecule has 0 bridgehead atoms. The molecule has 0 aliphatic rings. The standard InChI is InChI=1S/C21H20ClNO4S2/c1-16-7-10-20(28(24,25)19-11-8-18(22)9-12-19)15-21(16)29(26,27)23-14-13-17-5-3-2-4-6-17/h2-12,15,23H,13-14H2,1H3. The van der Waals surface area contributed by atoms with E-state index < -0.39 is 19.9 Å². The minimum absolute atomic E-state index is 0.0473. The van der Waals surface area contributed by atoms with E-state index in [9.17, 15) is 16.8 Å². The van der Waals surface area contributed by atoms with Crippen LogP contribution in [0.2, 0.25) is 5.02 Å². The summed E-state index contributed by atoms with van der Waals surface area (Å²) >= 11 is 5.82. The average Bonchev–Trinajstić information content (AvgIpc) is 2.69. The molecule has 152 valence electrons. The van der Waals surface area contributed by atoms with E-state index in [0.717, 1.165) is 5.56 Å². The highest BCUT2D eigenvalue weighted by molar-refractivity contribution is 7.91. The summed E-state index contributed by atoms with van der Waals surface area (Å²) in [5.41, 5.74) is 1.47. The van der Waals surface area contributed by atoms with Gasteiger partial charge in [0.15, 0.2) is 0 Å².